The number of rotatable bonds is 6. The molecule has 0 bridgehead atoms. The highest BCUT2D eigenvalue weighted by Crippen LogP contribution is 2.28. The highest BCUT2D eigenvalue weighted by atomic mass is 79.9. The number of hydrogen-bond donors (Lipinski definition) is 1. The molecule has 0 radical (unpaired) electrons. The van der Waals surface area contributed by atoms with Crippen LogP contribution in [0.15, 0.2) is 50.8 Å². The number of benzene rings is 2. The van der Waals surface area contributed by atoms with Crippen molar-refractivity contribution in [1.29, 1.82) is 0 Å². The quantitative estimate of drug-likeness (QED) is 0.233. The van der Waals surface area contributed by atoms with Gasteiger partial charge < -0.3 is 5.32 Å². The number of nitrogens with one attached hydrogen (secondary N) is 1. The van der Waals surface area contributed by atoms with Gasteiger partial charge in [-0.2, -0.15) is 0 Å². The van der Waals surface area contributed by atoms with E-state index in [1.54, 1.807) is 18.2 Å². The minimum atomic E-state index is -0.619. The third-order valence-electron chi connectivity index (χ3n) is 3.96. The molecule has 150 valence electrons. The molecule has 0 saturated heterocycles. The van der Waals surface area contributed by atoms with Crippen molar-refractivity contribution in [3.8, 4) is 0 Å². The Balaban J connectivity index is 1.82. The van der Waals surface area contributed by atoms with Crippen LogP contribution >= 0.6 is 39.3 Å². The van der Waals surface area contributed by atoms with Gasteiger partial charge in [-0.05, 0) is 37.3 Å². The van der Waals surface area contributed by atoms with Gasteiger partial charge in [-0.15, -0.1) is 0 Å². The summed E-state index contributed by atoms with van der Waals surface area (Å²) in [6.07, 6.45) is 0. The summed E-state index contributed by atoms with van der Waals surface area (Å²) in [7, 11) is 0. The molecule has 0 fully saturated rings. The Bertz CT molecular complexity index is 1180. The third kappa shape index (κ3) is 4.77. The van der Waals surface area contributed by atoms with Gasteiger partial charge in [0, 0.05) is 22.1 Å². The third-order valence-corrected chi connectivity index (χ3v) is 5.67. The van der Waals surface area contributed by atoms with Crippen LogP contribution in [0.4, 0.5) is 11.4 Å². The van der Waals surface area contributed by atoms with E-state index >= 15 is 0 Å². The Kier molecular flexibility index (Phi) is 6.56. The van der Waals surface area contributed by atoms with Crippen molar-refractivity contribution >= 4 is 67.5 Å². The Hall–Kier alpha value is -2.43. The molecule has 1 aromatic heterocycles. The van der Waals surface area contributed by atoms with Gasteiger partial charge in [0.25, 0.3) is 11.2 Å². The number of nitrogens with zero attached hydrogens (tertiary/aromatic N) is 3. The first kappa shape index (κ1) is 21.3. The molecular weight excluding hydrogens is 484 g/mol. The maximum absolute atomic E-state index is 12.7. The van der Waals surface area contributed by atoms with Gasteiger partial charge in [0.15, 0.2) is 5.16 Å². The minimum Gasteiger partial charge on any atom is -0.320 e. The number of anilines is 1. The number of halogens is 2. The Morgan fingerprint density at radius 1 is 1.34 bits per heavy atom. The first-order valence-electron chi connectivity index (χ1n) is 8.37. The van der Waals surface area contributed by atoms with Crippen LogP contribution in [0.2, 0.25) is 5.02 Å². The zero-order valence-corrected chi connectivity index (χ0v) is 18.2. The molecule has 0 aliphatic heterocycles. The van der Waals surface area contributed by atoms with E-state index in [0.29, 0.717) is 22.6 Å². The standard InChI is InChI=1S/C18H14BrClN4O4S/c1-2-23-17(26)12-7-10(19)3-5-13(12)22-18(23)29-9-16(25)21-14-6-4-11(20)8-15(14)24(27)28/h3-8H,2,9H2,1H3,(H,21,25). The molecule has 1 N–H and O–H groups in total. The summed E-state index contributed by atoms with van der Waals surface area (Å²) < 4.78 is 2.26. The number of carbonyl (C=O) groups is 1. The minimum absolute atomic E-state index is 0.0502. The lowest BCUT2D eigenvalue weighted by Gasteiger charge is -2.11. The SMILES string of the molecule is CCn1c(SCC(=O)Nc2ccc(Cl)cc2[N+](=O)[O-])nc2ccc(Br)cc2c1=O. The molecule has 1 heterocycles. The average Bonchev–Trinajstić information content (AvgIpc) is 2.68. The van der Waals surface area contributed by atoms with Crippen LogP contribution in [-0.2, 0) is 11.3 Å². The molecule has 0 aliphatic rings. The molecule has 3 rings (SSSR count). The fraction of sp³-hybridized carbons (Fsp3) is 0.167. The molecule has 0 atom stereocenters. The van der Waals surface area contributed by atoms with Crippen molar-refractivity contribution in [2.75, 3.05) is 11.1 Å². The van der Waals surface area contributed by atoms with E-state index in [9.17, 15) is 19.7 Å². The van der Waals surface area contributed by atoms with E-state index in [-0.39, 0.29) is 27.7 Å². The summed E-state index contributed by atoms with van der Waals surface area (Å²) in [5.41, 5.74) is 0.0825. The van der Waals surface area contributed by atoms with Crippen LogP contribution in [0, 0.1) is 10.1 Å². The molecular formula is C18H14BrClN4O4S. The van der Waals surface area contributed by atoms with E-state index in [0.717, 1.165) is 16.2 Å². The summed E-state index contributed by atoms with van der Waals surface area (Å²) in [6, 6.07) is 9.21. The van der Waals surface area contributed by atoms with E-state index in [1.165, 1.54) is 22.8 Å². The molecule has 2 aromatic carbocycles. The summed E-state index contributed by atoms with van der Waals surface area (Å²) in [5.74, 6) is -0.540. The zero-order valence-electron chi connectivity index (χ0n) is 15.0. The molecule has 0 saturated carbocycles. The van der Waals surface area contributed by atoms with Crippen molar-refractivity contribution in [3.63, 3.8) is 0 Å². The van der Waals surface area contributed by atoms with E-state index in [2.05, 4.69) is 26.2 Å². The molecule has 0 unspecified atom stereocenters. The summed E-state index contributed by atoms with van der Waals surface area (Å²) in [6.45, 7) is 2.20. The number of hydrogen-bond acceptors (Lipinski definition) is 6. The molecule has 3 aromatic rings. The fourth-order valence-corrected chi connectivity index (χ4v) is 4.03. The lowest BCUT2D eigenvalue weighted by atomic mass is 10.2. The van der Waals surface area contributed by atoms with Crippen molar-refractivity contribution < 1.29 is 9.72 Å². The lowest BCUT2D eigenvalue weighted by Crippen LogP contribution is -2.23. The smallest absolute Gasteiger partial charge is 0.294 e. The van der Waals surface area contributed by atoms with Crippen molar-refractivity contribution in [2.45, 2.75) is 18.6 Å². The second kappa shape index (κ2) is 8.93. The fourth-order valence-electron chi connectivity index (χ4n) is 2.64. The normalized spacial score (nSPS) is 10.9. The molecule has 11 heteroatoms. The van der Waals surface area contributed by atoms with Gasteiger partial charge in [0.1, 0.15) is 5.69 Å². The van der Waals surface area contributed by atoms with Gasteiger partial charge in [0.05, 0.1) is 21.6 Å². The van der Waals surface area contributed by atoms with Crippen LogP contribution in [0.25, 0.3) is 10.9 Å². The molecule has 0 aliphatic carbocycles. The maximum atomic E-state index is 12.7. The first-order valence-corrected chi connectivity index (χ1v) is 10.5. The number of nitro groups is 1. The van der Waals surface area contributed by atoms with Gasteiger partial charge in [-0.3, -0.25) is 24.3 Å². The second-order valence-corrected chi connectivity index (χ2v) is 8.16. The topological polar surface area (TPSA) is 107 Å². The van der Waals surface area contributed by atoms with Gasteiger partial charge in [-0.25, -0.2) is 4.98 Å². The number of nitro benzene ring substituents is 1. The summed E-state index contributed by atoms with van der Waals surface area (Å²) >= 11 is 10.2. The number of carbonyl (C=O) groups excluding carboxylic acids is 1. The predicted molar refractivity (Wildman–Crippen MR) is 117 cm³/mol. The van der Waals surface area contributed by atoms with E-state index in [4.69, 9.17) is 11.6 Å². The van der Waals surface area contributed by atoms with Crippen LogP contribution in [0.5, 0.6) is 0 Å². The van der Waals surface area contributed by atoms with Crippen LogP contribution in [0.1, 0.15) is 6.92 Å². The summed E-state index contributed by atoms with van der Waals surface area (Å²) in [4.78, 5) is 40.1. The van der Waals surface area contributed by atoms with Crippen LogP contribution in [0.3, 0.4) is 0 Å². The highest BCUT2D eigenvalue weighted by molar-refractivity contribution is 9.10. The predicted octanol–water partition coefficient (Wildman–Crippen LogP) is 4.47. The van der Waals surface area contributed by atoms with Crippen LogP contribution < -0.4 is 10.9 Å². The number of aromatic nitrogens is 2. The van der Waals surface area contributed by atoms with Crippen molar-refractivity contribution in [2.24, 2.45) is 0 Å². The molecule has 1 amide bonds. The van der Waals surface area contributed by atoms with Crippen LogP contribution in [-0.4, -0.2) is 26.1 Å². The molecule has 29 heavy (non-hydrogen) atoms. The lowest BCUT2D eigenvalue weighted by molar-refractivity contribution is -0.383. The van der Waals surface area contributed by atoms with Crippen molar-refractivity contribution in [1.82, 2.24) is 9.55 Å². The van der Waals surface area contributed by atoms with E-state index in [1.807, 2.05) is 6.92 Å². The first-order chi connectivity index (χ1) is 13.8. The van der Waals surface area contributed by atoms with Crippen molar-refractivity contribution in [3.05, 3.63) is 66.4 Å². The van der Waals surface area contributed by atoms with Gasteiger partial charge in [-0.1, -0.05) is 39.3 Å². The van der Waals surface area contributed by atoms with Gasteiger partial charge >= 0.3 is 0 Å². The number of fused-ring (bicyclic) bond motifs is 1. The largest absolute Gasteiger partial charge is 0.320 e. The van der Waals surface area contributed by atoms with Gasteiger partial charge in [0.2, 0.25) is 5.91 Å². The molecule has 8 nitrogen and oxygen atoms in total. The second-order valence-electron chi connectivity index (χ2n) is 5.86. The summed E-state index contributed by atoms with van der Waals surface area (Å²) in [5, 5.41) is 14.7. The zero-order chi connectivity index (χ0) is 21.1. The Morgan fingerprint density at radius 3 is 2.79 bits per heavy atom. The Labute approximate surface area is 182 Å². The van der Waals surface area contributed by atoms with E-state index < -0.39 is 10.8 Å². The Morgan fingerprint density at radius 2 is 2.10 bits per heavy atom. The molecule has 0 spiro atoms. The monoisotopic (exact) mass is 496 g/mol. The maximum Gasteiger partial charge on any atom is 0.294 e. The number of amides is 1. The average molecular weight is 498 g/mol. The highest BCUT2D eigenvalue weighted by Gasteiger charge is 2.18. The number of thioether (sulfide) groups is 1.